The number of esters is 1. The maximum atomic E-state index is 11.1. The van der Waals surface area contributed by atoms with E-state index in [-0.39, 0.29) is 18.0 Å². The minimum atomic E-state index is -0.0291. The normalized spacial score (nSPS) is 29.0. The molecule has 3 nitrogen and oxygen atoms in total. The van der Waals surface area contributed by atoms with E-state index >= 15 is 0 Å². The largest absolute Gasteiger partial charge is 0.462 e. The smallest absolute Gasteiger partial charge is 0.309 e. The van der Waals surface area contributed by atoms with Crippen LogP contribution in [0.3, 0.4) is 0 Å². The van der Waals surface area contributed by atoms with Crippen LogP contribution in [0.5, 0.6) is 0 Å². The van der Waals surface area contributed by atoms with Gasteiger partial charge in [-0.15, -0.1) is 0 Å². The van der Waals surface area contributed by atoms with Crippen LogP contribution in [0, 0.1) is 5.92 Å². The fraction of sp³-hybridized carbons (Fsp3) is 0.889. The summed E-state index contributed by atoms with van der Waals surface area (Å²) in [6, 6.07) is 0. The SMILES string of the molecule is CCC1CC(CCOC)OC1=O. The molecule has 0 saturated carbocycles. The third kappa shape index (κ3) is 2.21. The van der Waals surface area contributed by atoms with Crippen molar-refractivity contribution >= 4 is 5.97 Å². The van der Waals surface area contributed by atoms with Crippen LogP contribution in [0.25, 0.3) is 0 Å². The van der Waals surface area contributed by atoms with Crippen molar-refractivity contribution in [2.75, 3.05) is 13.7 Å². The summed E-state index contributed by atoms with van der Waals surface area (Å²) in [7, 11) is 1.66. The van der Waals surface area contributed by atoms with Crippen LogP contribution in [-0.4, -0.2) is 25.8 Å². The van der Waals surface area contributed by atoms with Gasteiger partial charge in [0, 0.05) is 20.1 Å². The number of hydrogen-bond donors (Lipinski definition) is 0. The minimum Gasteiger partial charge on any atom is -0.462 e. The Kier molecular flexibility index (Phi) is 3.53. The van der Waals surface area contributed by atoms with Crippen molar-refractivity contribution < 1.29 is 14.3 Å². The first-order valence-electron chi connectivity index (χ1n) is 4.47. The number of carbonyl (C=O) groups excluding carboxylic acids is 1. The molecule has 2 unspecified atom stereocenters. The lowest BCUT2D eigenvalue weighted by Crippen LogP contribution is -2.09. The Bertz CT molecular complexity index is 156. The Morgan fingerprint density at radius 3 is 2.92 bits per heavy atom. The van der Waals surface area contributed by atoms with E-state index in [2.05, 4.69) is 0 Å². The van der Waals surface area contributed by atoms with Gasteiger partial charge in [-0.1, -0.05) is 6.92 Å². The van der Waals surface area contributed by atoms with Crippen molar-refractivity contribution in [2.45, 2.75) is 32.3 Å². The lowest BCUT2D eigenvalue weighted by molar-refractivity contribution is -0.144. The molecule has 0 radical (unpaired) electrons. The van der Waals surface area contributed by atoms with Crippen molar-refractivity contribution in [2.24, 2.45) is 5.92 Å². The van der Waals surface area contributed by atoms with Crippen molar-refractivity contribution in [3.63, 3.8) is 0 Å². The summed E-state index contributed by atoms with van der Waals surface area (Å²) in [4.78, 5) is 11.1. The third-order valence-electron chi connectivity index (χ3n) is 2.30. The van der Waals surface area contributed by atoms with Crippen LogP contribution in [0.2, 0.25) is 0 Å². The monoisotopic (exact) mass is 172 g/mol. The minimum absolute atomic E-state index is 0.0291. The predicted molar refractivity (Wildman–Crippen MR) is 44.8 cm³/mol. The van der Waals surface area contributed by atoms with Gasteiger partial charge in [0.15, 0.2) is 0 Å². The first-order chi connectivity index (χ1) is 5.77. The van der Waals surface area contributed by atoms with Crippen LogP contribution in [0.4, 0.5) is 0 Å². The maximum Gasteiger partial charge on any atom is 0.309 e. The van der Waals surface area contributed by atoms with Crippen LogP contribution in [-0.2, 0) is 14.3 Å². The number of carbonyl (C=O) groups is 1. The van der Waals surface area contributed by atoms with Gasteiger partial charge < -0.3 is 9.47 Å². The lowest BCUT2D eigenvalue weighted by atomic mass is 10.0. The molecule has 0 bridgehead atoms. The highest BCUT2D eigenvalue weighted by molar-refractivity contribution is 5.74. The third-order valence-corrected chi connectivity index (χ3v) is 2.30. The molecule has 0 aromatic rings. The summed E-state index contributed by atoms with van der Waals surface area (Å²) in [6.45, 7) is 2.69. The van der Waals surface area contributed by atoms with E-state index in [1.165, 1.54) is 0 Å². The molecule has 3 heteroatoms. The number of ether oxygens (including phenoxy) is 2. The average Bonchev–Trinajstić information content (AvgIpc) is 2.43. The fourth-order valence-corrected chi connectivity index (χ4v) is 1.48. The Balaban J connectivity index is 2.28. The maximum absolute atomic E-state index is 11.1. The standard InChI is InChI=1S/C9H16O3/c1-3-7-6-8(4-5-11-2)12-9(7)10/h7-8H,3-6H2,1-2H3. The number of rotatable bonds is 4. The number of cyclic esters (lactones) is 1. The van der Waals surface area contributed by atoms with Crippen molar-refractivity contribution in [1.29, 1.82) is 0 Å². The molecule has 0 aromatic heterocycles. The molecule has 1 aliphatic rings. The lowest BCUT2D eigenvalue weighted by Gasteiger charge is -2.06. The summed E-state index contributed by atoms with van der Waals surface area (Å²) in [5, 5.41) is 0. The van der Waals surface area contributed by atoms with Crippen molar-refractivity contribution in [3.05, 3.63) is 0 Å². The Labute approximate surface area is 73.0 Å². The van der Waals surface area contributed by atoms with E-state index in [0.717, 1.165) is 19.3 Å². The topological polar surface area (TPSA) is 35.5 Å². The van der Waals surface area contributed by atoms with Gasteiger partial charge in [0.2, 0.25) is 0 Å². The second kappa shape index (κ2) is 4.45. The molecule has 12 heavy (non-hydrogen) atoms. The summed E-state index contributed by atoms with van der Waals surface area (Å²) in [6.07, 6.45) is 2.70. The van der Waals surface area contributed by atoms with E-state index < -0.39 is 0 Å². The van der Waals surface area contributed by atoms with Gasteiger partial charge in [0.1, 0.15) is 6.10 Å². The Hall–Kier alpha value is -0.570. The van der Waals surface area contributed by atoms with Crippen LogP contribution in [0.15, 0.2) is 0 Å². The molecule has 1 fully saturated rings. The second-order valence-corrected chi connectivity index (χ2v) is 3.18. The molecule has 0 aliphatic carbocycles. The first kappa shape index (κ1) is 9.52. The van der Waals surface area contributed by atoms with Crippen LogP contribution in [0.1, 0.15) is 26.2 Å². The van der Waals surface area contributed by atoms with Crippen molar-refractivity contribution in [3.8, 4) is 0 Å². The Morgan fingerprint density at radius 2 is 2.42 bits per heavy atom. The molecule has 1 saturated heterocycles. The van der Waals surface area contributed by atoms with E-state index in [4.69, 9.17) is 9.47 Å². The predicted octanol–water partition coefficient (Wildman–Crippen LogP) is 1.36. The molecule has 1 rings (SSSR count). The zero-order valence-electron chi connectivity index (χ0n) is 7.71. The van der Waals surface area contributed by atoms with E-state index in [9.17, 15) is 4.79 Å². The molecule has 1 aliphatic heterocycles. The van der Waals surface area contributed by atoms with Gasteiger partial charge in [-0.25, -0.2) is 0 Å². The van der Waals surface area contributed by atoms with Gasteiger partial charge in [-0.05, 0) is 12.8 Å². The van der Waals surface area contributed by atoms with Crippen LogP contribution >= 0.6 is 0 Å². The number of methoxy groups -OCH3 is 1. The molecule has 0 amide bonds. The van der Waals surface area contributed by atoms with Gasteiger partial charge in [0.25, 0.3) is 0 Å². The zero-order valence-corrected chi connectivity index (χ0v) is 7.71. The van der Waals surface area contributed by atoms with Gasteiger partial charge in [-0.3, -0.25) is 4.79 Å². The second-order valence-electron chi connectivity index (χ2n) is 3.18. The molecule has 0 spiro atoms. The highest BCUT2D eigenvalue weighted by Gasteiger charge is 2.32. The summed E-state index contributed by atoms with van der Waals surface area (Å²) in [5.74, 6) is 0.102. The quantitative estimate of drug-likeness (QED) is 0.601. The van der Waals surface area contributed by atoms with E-state index in [1.54, 1.807) is 7.11 Å². The molecular formula is C9H16O3. The highest BCUT2D eigenvalue weighted by Crippen LogP contribution is 2.25. The van der Waals surface area contributed by atoms with Gasteiger partial charge >= 0.3 is 5.97 Å². The van der Waals surface area contributed by atoms with Crippen LogP contribution < -0.4 is 0 Å². The molecule has 0 aromatic carbocycles. The van der Waals surface area contributed by atoms with E-state index in [1.807, 2.05) is 6.92 Å². The molecular weight excluding hydrogens is 156 g/mol. The molecule has 1 heterocycles. The van der Waals surface area contributed by atoms with Gasteiger partial charge in [-0.2, -0.15) is 0 Å². The highest BCUT2D eigenvalue weighted by atomic mass is 16.6. The molecule has 0 N–H and O–H groups in total. The summed E-state index contributed by atoms with van der Waals surface area (Å²) in [5.41, 5.74) is 0. The molecule has 2 atom stereocenters. The summed E-state index contributed by atoms with van der Waals surface area (Å²) < 4.78 is 10.1. The summed E-state index contributed by atoms with van der Waals surface area (Å²) >= 11 is 0. The van der Waals surface area contributed by atoms with Gasteiger partial charge in [0.05, 0.1) is 5.92 Å². The van der Waals surface area contributed by atoms with Crippen molar-refractivity contribution in [1.82, 2.24) is 0 Å². The molecule has 70 valence electrons. The fourth-order valence-electron chi connectivity index (χ4n) is 1.48. The van der Waals surface area contributed by atoms with E-state index in [0.29, 0.717) is 6.61 Å². The zero-order chi connectivity index (χ0) is 8.97. The average molecular weight is 172 g/mol. The Morgan fingerprint density at radius 1 is 1.67 bits per heavy atom. The first-order valence-corrected chi connectivity index (χ1v) is 4.47. The number of hydrogen-bond acceptors (Lipinski definition) is 3.